The molecule has 0 saturated heterocycles. The molecule has 0 unspecified atom stereocenters. The monoisotopic (exact) mass is 559 g/mol. The van der Waals surface area contributed by atoms with Gasteiger partial charge in [-0.05, 0) is 50.2 Å². The van der Waals surface area contributed by atoms with Gasteiger partial charge in [-0.2, -0.15) is 5.26 Å². The second-order valence-corrected chi connectivity index (χ2v) is 10.1. The summed E-state index contributed by atoms with van der Waals surface area (Å²) < 4.78 is 11.0. The molecule has 0 bridgehead atoms. The lowest BCUT2D eigenvalue weighted by atomic mass is 10.1. The Balaban J connectivity index is 1.44. The number of furan rings is 1. The average Bonchev–Trinajstić information content (AvgIpc) is 3.64. The number of nitriles is 1. The number of ether oxygens (including phenoxy) is 1. The minimum absolute atomic E-state index is 0.260. The summed E-state index contributed by atoms with van der Waals surface area (Å²) >= 11 is 1.22. The van der Waals surface area contributed by atoms with Crippen molar-refractivity contribution in [3.05, 3.63) is 118 Å². The molecule has 0 atom stereocenters. The predicted octanol–water partition coefficient (Wildman–Crippen LogP) is 7.87. The van der Waals surface area contributed by atoms with Gasteiger partial charge < -0.3 is 14.5 Å². The fourth-order valence-electron chi connectivity index (χ4n) is 4.05. The third kappa shape index (κ3) is 6.32. The molecule has 0 aliphatic rings. The molecule has 2 heterocycles. The van der Waals surface area contributed by atoms with Crippen molar-refractivity contribution in [2.45, 2.75) is 13.8 Å². The fourth-order valence-corrected chi connectivity index (χ4v) is 5.00. The average molecular weight is 560 g/mol. The number of nitrogens with one attached hydrogen (secondary N) is 1. The maximum atomic E-state index is 13.0. The SMILES string of the molecule is CCOC(=O)c1ccc(-c2ccc(/C=C(\C#N)c3nc(-c4ccccc4)c(NC(=O)c4ccc(C)cc4)s3)o2)cc1. The number of nitrogens with zero attached hydrogens (tertiary/aromatic N) is 2. The van der Waals surface area contributed by atoms with E-state index in [2.05, 4.69) is 11.4 Å². The van der Waals surface area contributed by atoms with E-state index in [-0.39, 0.29) is 11.9 Å². The Hall–Kier alpha value is -5.26. The lowest BCUT2D eigenvalue weighted by molar-refractivity contribution is 0.0526. The largest absolute Gasteiger partial charge is 0.462 e. The van der Waals surface area contributed by atoms with E-state index >= 15 is 0 Å². The van der Waals surface area contributed by atoms with Crippen molar-refractivity contribution in [1.29, 1.82) is 5.26 Å². The second-order valence-electron chi connectivity index (χ2n) is 9.05. The minimum Gasteiger partial charge on any atom is -0.462 e. The van der Waals surface area contributed by atoms with E-state index in [0.29, 0.717) is 50.5 Å². The Bertz CT molecular complexity index is 1760. The first-order valence-corrected chi connectivity index (χ1v) is 13.7. The van der Waals surface area contributed by atoms with Crippen molar-refractivity contribution in [2.75, 3.05) is 11.9 Å². The third-order valence-electron chi connectivity index (χ3n) is 6.16. The van der Waals surface area contributed by atoms with Gasteiger partial charge in [0.15, 0.2) is 0 Å². The number of thiazole rings is 1. The zero-order valence-electron chi connectivity index (χ0n) is 22.4. The van der Waals surface area contributed by atoms with Gasteiger partial charge >= 0.3 is 5.97 Å². The molecule has 0 radical (unpaired) electrons. The van der Waals surface area contributed by atoms with Crippen molar-refractivity contribution in [1.82, 2.24) is 4.98 Å². The molecule has 202 valence electrons. The summed E-state index contributed by atoms with van der Waals surface area (Å²) in [7, 11) is 0. The van der Waals surface area contributed by atoms with Crippen LogP contribution in [0.15, 0.2) is 95.4 Å². The van der Waals surface area contributed by atoms with Crippen LogP contribution < -0.4 is 5.32 Å². The minimum atomic E-state index is -0.381. The van der Waals surface area contributed by atoms with E-state index in [0.717, 1.165) is 16.7 Å². The standard InChI is InChI=1S/C33H25N3O4S/c1-3-39-33(38)25-15-13-22(14-16-25)28-18-17-27(40-28)19-26(20-34)31-35-29(23-7-5-4-6-8-23)32(41-31)36-30(37)24-11-9-21(2)10-12-24/h4-19H,3H2,1-2H3,(H,36,37)/b26-19+. The van der Waals surface area contributed by atoms with Crippen LogP contribution in [-0.4, -0.2) is 23.5 Å². The number of rotatable bonds is 8. The maximum Gasteiger partial charge on any atom is 0.338 e. The molecule has 5 aromatic rings. The highest BCUT2D eigenvalue weighted by atomic mass is 32.1. The first-order chi connectivity index (χ1) is 19.9. The highest BCUT2D eigenvalue weighted by Crippen LogP contribution is 2.37. The summed E-state index contributed by atoms with van der Waals surface area (Å²) in [5, 5.41) is 14.0. The van der Waals surface area contributed by atoms with Gasteiger partial charge in [-0.15, -0.1) is 0 Å². The molecule has 41 heavy (non-hydrogen) atoms. The molecule has 0 saturated carbocycles. The van der Waals surface area contributed by atoms with Gasteiger partial charge in [-0.3, -0.25) is 4.79 Å². The van der Waals surface area contributed by atoms with Crippen molar-refractivity contribution in [3.63, 3.8) is 0 Å². The van der Waals surface area contributed by atoms with Crippen LogP contribution in [0.2, 0.25) is 0 Å². The van der Waals surface area contributed by atoms with E-state index in [4.69, 9.17) is 14.1 Å². The number of benzene rings is 3. The number of aromatic nitrogens is 1. The van der Waals surface area contributed by atoms with Gasteiger partial charge in [0.2, 0.25) is 0 Å². The van der Waals surface area contributed by atoms with E-state index in [1.165, 1.54) is 11.3 Å². The molecular weight excluding hydrogens is 534 g/mol. The number of carbonyl (C=O) groups is 2. The molecule has 1 N–H and O–H groups in total. The molecule has 0 aliphatic heterocycles. The van der Waals surface area contributed by atoms with E-state index < -0.39 is 0 Å². The van der Waals surface area contributed by atoms with Crippen LogP contribution in [-0.2, 0) is 4.74 Å². The molecule has 7 nitrogen and oxygen atoms in total. The molecule has 0 spiro atoms. The summed E-state index contributed by atoms with van der Waals surface area (Å²) in [4.78, 5) is 29.7. The highest BCUT2D eigenvalue weighted by Gasteiger charge is 2.19. The maximum absolute atomic E-state index is 13.0. The first kappa shape index (κ1) is 27.3. The normalized spacial score (nSPS) is 11.1. The molecule has 2 aromatic heterocycles. The number of aryl methyl sites for hydroxylation is 1. The Morgan fingerprint density at radius 3 is 2.34 bits per heavy atom. The van der Waals surface area contributed by atoms with Crippen LogP contribution in [0.25, 0.3) is 34.2 Å². The van der Waals surface area contributed by atoms with Crippen molar-refractivity contribution in [3.8, 4) is 28.7 Å². The summed E-state index contributed by atoms with van der Waals surface area (Å²) in [5.74, 6) is 0.407. The van der Waals surface area contributed by atoms with Crippen molar-refractivity contribution >= 4 is 39.9 Å². The van der Waals surface area contributed by atoms with E-state index in [1.807, 2.05) is 49.4 Å². The Morgan fingerprint density at radius 2 is 1.66 bits per heavy atom. The zero-order valence-corrected chi connectivity index (χ0v) is 23.2. The number of carbonyl (C=O) groups excluding carboxylic acids is 2. The van der Waals surface area contributed by atoms with Gasteiger partial charge in [-0.25, -0.2) is 9.78 Å². The Kier molecular flexibility index (Phi) is 8.18. The van der Waals surface area contributed by atoms with Gasteiger partial charge in [0.25, 0.3) is 5.91 Å². The van der Waals surface area contributed by atoms with Gasteiger partial charge in [0.1, 0.15) is 33.3 Å². The van der Waals surface area contributed by atoms with Crippen LogP contribution >= 0.6 is 11.3 Å². The lowest BCUT2D eigenvalue weighted by Gasteiger charge is -2.05. The molecule has 0 fully saturated rings. The second kappa shape index (κ2) is 12.3. The highest BCUT2D eigenvalue weighted by molar-refractivity contribution is 7.17. The fraction of sp³-hybridized carbons (Fsp3) is 0.0909. The van der Waals surface area contributed by atoms with Crippen LogP contribution in [0, 0.1) is 18.3 Å². The number of hydrogen-bond acceptors (Lipinski definition) is 7. The summed E-state index contributed by atoms with van der Waals surface area (Å²) in [6.45, 7) is 4.03. The number of hydrogen-bond donors (Lipinski definition) is 1. The Morgan fingerprint density at radius 1 is 0.951 bits per heavy atom. The number of esters is 1. The van der Waals surface area contributed by atoms with Crippen molar-refractivity contribution < 1.29 is 18.7 Å². The number of anilines is 1. The summed E-state index contributed by atoms with van der Waals surface area (Å²) in [6, 6.07) is 29.5. The smallest absolute Gasteiger partial charge is 0.338 e. The molecule has 3 aromatic carbocycles. The first-order valence-electron chi connectivity index (χ1n) is 12.9. The third-order valence-corrected chi connectivity index (χ3v) is 7.16. The molecule has 5 rings (SSSR count). The number of allylic oxidation sites excluding steroid dienone is 1. The summed E-state index contributed by atoms with van der Waals surface area (Å²) in [6.07, 6.45) is 1.62. The van der Waals surface area contributed by atoms with Gasteiger partial charge in [0, 0.05) is 22.8 Å². The molecule has 0 aliphatic carbocycles. The molecule has 1 amide bonds. The summed E-state index contributed by atoms with van der Waals surface area (Å²) in [5.41, 5.74) is 4.51. The van der Waals surface area contributed by atoms with Gasteiger partial charge in [0.05, 0.1) is 17.7 Å². The van der Waals surface area contributed by atoms with Crippen LogP contribution in [0.1, 0.15) is 44.0 Å². The molecular formula is C33H25N3O4S. The topological polar surface area (TPSA) is 105 Å². The lowest BCUT2D eigenvalue weighted by Crippen LogP contribution is -2.11. The van der Waals surface area contributed by atoms with Crippen LogP contribution in [0.4, 0.5) is 5.00 Å². The van der Waals surface area contributed by atoms with Crippen LogP contribution in [0.5, 0.6) is 0 Å². The van der Waals surface area contributed by atoms with Crippen molar-refractivity contribution in [2.24, 2.45) is 0 Å². The van der Waals surface area contributed by atoms with Crippen LogP contribution in [0.3, 0.4) is 0 Å². The van der Waals surface area contributed by atoms with E-state index in [1.54, 1.807) is 61.5 Å². The Labute approximate surface area is 241 Å². The van der Waals surface area contributed by atoms with E-state index in [9.17, 15) is 14.9 Å². The molecule has 8 heteroatoms. The van der Waals surface area contributed by atoms with Gasteiger partial charge in [-0.1, -0.05) is 71.5 Å². The number of amides is 1. The quantitative estimate of drug-likeness (QED) is 0.153. The zero-order chi connectivity index (χ0) is 28.8. The predicted molar refractivity (Wildman–Crippen MR) is 160 cm³/mol.